The number of carbonyl (C=O) groups is 2. The van der Waals surface area contributed by atoms with Crippen LogP contribution in [0.2, 0.25) is 10.3 Å². The molecule has 4 N–H and O–H groups in total. The van der Waals surface area contributed by atoms with Gasteiger partial charge in [0.05, 0.1) is 30.9 Å². The third-order valence-corrected chi connectivity index (χ3v) is 10.3. The molecule has 6 atom stereocenters. The fourth-order valence-electron chi connectivity index (χ4n) is 7.74. The summed E-state index contributed by atoms with van der Waals surface area (Å²) >= 11 is 12.7. The molecule has 11 heteroatoms. The van der Waals surface area contributed by atoms with Crippen LogP contribution in [0.4, 0.5) is 5.69 Å². The van der Waals surface area contributed by atoms with Gasteiger partial charge in [-0.05, 0) is 74.6 Å². The summed E-state index contributed by atoms with van der Waals surface area (Å²) < 4.78 is 5.85. The lowest BCUT2D eigenvalue weighted by atomic mass is 9.53. The molecule has 2 saturated heterocycles. The maximum atomic E-state index is 14.5. The molecule has 3 aliphatic heterocycles. The number of nitrogens with one attached hydrogen (secondary N) is 3. The van der Waals surface area contributed by atoms with Gasteiger partial charge in [-0.3, -0.25) is 14.9 Å². The maximum absolute atomic E-state index is 14.5. The summed E-state index contributed by atoms with van der Waals surface area (Å²) in [6, 6.07) is 4.34. The number of pyridine rings is 2. The number of rotatable bonds is 4. The van der Waals surface area contributed by atoms with E-state index < -0.39 is 29.0 Å². The number of fused-ring (bicyclic) bond motifs is 3. The van der Waals surface area contributed by atoms with E-state index in [2.05, 4.69) is 39.8 Å². The van der Waals surface area contributed by atoms with E-state index in [1.165, 1.54) is 0 Å². The number of carbonyl (C=O) groups excluding carboxylic acids is 2. The van der Waals surface area contributed by atoms with Crippen molar-refractivity contribution in [2.45, 2.75) is 100 Å². The van der Waals surface area contributed by atoms with Crippen LogP contribution in [-0.2, 0) is 19.7 Å². The standard InChI is InChI=1S/C30H37Cl2N5O4/c1-16(38)21-5-4-18(15-41-21)35-26(39)25-24(17-6-11-33-22(31)12-17)30(29(37-25)9-7-28(2,3)8-10-29)19-14-34-23(32)13-20(19)36-27(30)40/h6,11-14,16,18,21,24-25,37-38H,4-5,7-10,15H2,1-3H3,(H,35,39)(H,36,40)/t16-,18-,21+,24+,25-,30-/m1/s1. The molecule has 0 radical (unpaired) electrons. The van der Waals surface area contributed by atoms with Crippen LogP contribution >= 0.6 is 23.2 Å². The highest BCUT2D eigenvalue weighted by Gasteiger charge is 2.72. The minimum absolute atomic E-state index is 0.111. The van der Waals surface area contributed by atoms with Crippen molar-refractivity contribution in [3.05, 3.63) is 52.0 Å². The molecule has 0 aromatic carbocycles. The number of hydrogen-bond donors (Lipinski definition) is 4. The van der Waals surface area contributed by atoms with Crippen LogP contribution in [0.25, 0.3) is 0 Å². The molecule has 2 aromatic rings. The second-order valence-electron chi connectivity index (χ2n) is 13.0. The molecule has 0 unspecified atom stereocenters. The summed E-state index contributed by atoms with van der Waals surface area (Å²) in [6.45, 7) is 6.53. The van der Waals surface area contributed by atoms with Gasteiger partial charge in [-0.25, -0.2) is 9.97 Å². The molecule has 41 heavy (non-hydrogen) atoms. The fourth-order valence-corrected chi connectivity index (χ4v) is 8.08. The summed E-state index contributed by atoms with van der Waals surface area (Å²) in [6.07, 6.45) is 7.03. The quantitative estimate of drug-likeness (QED) is 0.388. The Hall–Kier alpha value is -2.30. The smallest absolute Gasteiger partial charge is 0.238 e. The number of aromatic nitrogens is 2. The lowest BCUT2D eigenvalue weighted by Crippen LogP contribution is -2.61. The molecule has 220 valence electrons. The molecule has 0 bridgehead atoms. The Morgan fingerprint density at radius 3 is 2.54 bits per heavy atom. The zero-order chi connectivity index (χ0) is 29.2. The minimum Gasteiger partial charge on any atom is -0.391 e. The molecule has 2 spiro atoms. The van der Waals surface area contributed by atoms with Gasteiger partial charge in [-0.2, -0.15) is 0 Å². The molecule has 6 rings (SSSR count). The summed E-state index contributed by atoms with van der Waals surface area (Å²) in [5, 5.41) is 20.6. The van der Waals surface area contributed by atoms with E-state index in [0.29, 0.717) is 43.1 Å². The molecule has 9 nitrogen and oxygen atoms in total. The molecule has 2 aromatic heterocycles. The highest BCUT2D eigenvalue weighted by atomic mass is 35.5. The largest absolute Gasteiger partial charge is 0.391 e. The van der Waals surface area contributed by atoms with Gasteiger partial charge < -0.3 is 20.5 Å². The van der Waals surface area contributed by atoms with Crippen LogP contribution in [-0.4, -0.2) is 63.3 Å². The molecule has 1 saturated carbocycles. The van der Waals surface area contributed by atoms with Gasteiger partial charge in [-0.15, -0.1) is 0 Å². The molecule has 4 aliphatic rings. The molecular weight excluding hydrogens is 565 g/mol. The maximum Gasteiger partial charge on any atom is 0.238 e. The first-order valence-electron chi connectivity index (χ1n) is 14.4. The summed E-state index contributed by atoms with van der Waals surface area (Å²) in [5.41, 5.74) is 0.385. The highest BCUT2D eigenvalue weighted by molar-refractivity contribution is 6.30. The molecular formula is C30H37Cl2N5O4. The van der Waals surface area contributed by atoms with E-state index >= 15 is 0 Å². The number of ether oxygens (including phenoxy) is 1. The third-order valence-electron chi connectivity index (χ3n) is 9.93. The van der Waals surface area contributed by atoms with E-state index in [0.717, 1.165) is 24.0 Å². The van der Waals surface area contributed by atoms with Crippen molar-refractivity contribution in [3.63, 3.8) is 0 Å². The van der Waals surface area contributed by atoms with Gasteiger partial charge in [0.15, 0.2) is 0 Å². The Bertz CT molecular complexity index is 1350. The first-order valence-corrected chi connectivity index (χ1v) is 15.2. The second kappa shape index (κ2) is 10.5. The van der Waals surface area contributed by atoms with Crippen LogP contribution in [0, 0.1) is 5.41 Å². The molecule has 2 amide bonds. The lowest BCUT2D eigenvalue weighted by Gasteiger charge is -2.50. The number of aliphatic hydroxyl groups excluding tert-OH is 1. The van der Waals surface area contributed by atoms with Crippen LogP contribution in [0.15, 0.2) is 30.6 Å². The van der Waals surface area contributed by atoms with Crippen LogP contribution in [0.5, 0.6) is 0 Å². The summed E-state index contributed by atoms with van der Waals surface area (Å²) in [4.78, 5) is 37.3. The average molecular weight is 603 g/mol. The van der Waals surface area contributed by atoms with Gasteiger partial charge in [-0.1, -0.05) is 37.0 Å². The normalized spacial score (nSPS) is 32.5. The van der Waals surface area contributed by atoms with E-state index in [4.69, 9.17) is 27.9 Å². The van der Waals surface area contributed by atoms with E-state index in [-0.39, 0.29) is 34.5 Å². The number of amides is 2. The topological polar surface area (TPSA) is 125 Å². The monoisotopic (exact) mass is 601 g/mol. The van der Waals surface area contributed by atoms with Crippen LogP contribution in [0.1, 0.15) is 76.3 Å². The van der Waals surface area contributed by atoms with E-state index in [9.17, 15) is 14.7 Å². The van der Waals surface area contributed by atoms with Crippen molar-refractivity contribution >= 4 is 40.7 Å². The van der Waals surface area contributed by atoms with Crippen molar-refractivity contribution in [2.24, 2.45) is 5.41 Å². The van der Waals surface area contributed by atoms with Crippen molar-refractivity contribution in [2.75, 3.05) is 11.9 Å². The molecule has 1 aliphatic carbocycles. The second-order valence-corrected chi connectivity index (χ2v) is 13.7. The predicted octanol–water partition coefficient (Wildman–Crippen LogP) is 4.11. The third kappa shape index (κ3) is 4.74. The Kier molecular flexibility index (Phi) is 7.34. The number of hydrogen-bond acceptors (Lipinski definition) is 7. The summed E-state index contributed by atoms with van der Waals surface area (Å²) in [5.74, 6) is -0.961. The van der Waals surface area contributed by atoms with E-state index in [1.807, 2.05) is 6.07 Å². The summed E-state index contributed by atoms with van der Waals surface area (Å²) in [7, 11) is 0. The van der Waals surface area contributed by atoms with E-state index in [1.54, 1.807) is 31.5 Å². The Balaban J connectivity index is 1.46. The number of anilines is 1. The zero-order valence-corrected chi connectivity index (χ0v) is 25.1. The number of aliphatic hydroxyl groups is 1. The first kappa shape index (κ1) is 28.8. The van der Waals surface area contributed by atoms with Gasteiger partial charge in [0.25, 0.3) is 0 Å². The lowest BCUT2D eigenvalue weighted by molar-refractivity contribution is -0.126. The highest BCUT2D eigenvalue weighted by Crippen LogP contribution is 2.63. The predicted molar refractivity (Wildman–Crippen MR) is 156 cm³/mol. The van der Waals surface area contributed by atoms with Crippen molar-refractivity contribution in [3.8, 4) is 0 Å². The van der Waals surface area contributed by atoms with Crippen molar-refractivity contribution < 1.29 is 19.4 Å². The van der Waals surface area contributed by atoms with Gasteiger partial charge in [0, 0.05) is 35.1 Å². The fraction of sp³-hybridized carbons (Fsp3) is 0.600. The van der Waals surface area contributed by atoms with Gasteiger partial charge >= 0.3 is 0 Å². The molecule has 3 fully saturated rings. The Morgan fingerprint density at radius 2 is 1.88 bits per heavy atom. The number of halogens is 2. The zero-order valence-electron chi connectivity index (χ0n) is 23.5. The van der Waals surface area contributed by atoms with Crippen LogP contribution < -0.4 is 16.0 Å². The van der Waals surface area contributed by atoms with Gasteiger partial charge in [0.1, 0.15) is 15.7 Å². The van der Waals surface area contributed by atoms with Gasteiger partial charge in [0.2, 0.25) is 11.8 Å². The SMILES string of the molecule is C[C@@H](O)[C@@H]1CC[C@@H](NC(=O)[C@@H]2NC3(CCC(C)(C)CC3)[C@@]3(C(=O)Nc4cc(Cl)ncc43)[C@H]2c2ccnc(Cl)c2)CO1. The van der Waals surface area contributed by atoms with Crippen LogP contribution in [0.3, 0.4) is 0 Å². The Morgan fingerprint density at radius 1 is 1.15 bits per heavy atom. The average Bonchev–Trinajstić information content (AvgIpc) is 3.38. The van der Waals surface area contributed by atoms with Crippen molar-refractivity contribution in [1.29, 1.82) is 0 Å². The Labute approximate surface area is 250 Å². The minimum atomic E-state index is -1.14. The number of nitrogens with zero attached hydrogens (tertiary/aromatic N) is 2. The first-order chi connectivity index (χ1) is 19.5. The molecule has 5 heterocycles. The van der Waals surface area contributed by atoms with Crippen molar-refractivity contribution in [1.82, 2.24) is 20.6 Å².